The quantitative estimate of drug-likeness (QED) is 0.497. The first-order valence-corrected chi connectivity index (χ1v) is 4.40. The van der Waals surface area contributed by atoms with Gasteiger partial charge in [-0.05, 0) is 17.7 Å². The van der Waals surface area contributed by atoms with Crippen LogP contribution >= 0.6 is 0 Å². The molecule has 2 rings (SSSR count). The molecule has 14 heavy (non-hydrogen) atoms. The van der Waals surface area contributed by atoms with E-state index in [1.54, 1.807) is 6.08 Å². The lowest BCUT2D eigenvalue weighted by molar-refractivity contribution is -0.142. The number of carbonyl (C=O) groups excluding carboxylic acids is 1. The standard InChI is InChI=1S/C12H10O2/c1-9-7-8-11(14-12(9)13)10-5-3-2-4-6-10/h2-8,11H,1H2. The first-order chi connectivity index (χ1) is 6.77. The van der Waals surface area contributed by atoms with Crippen LogP contribution in [0.5, 0.6) is 0 Å². The second-order valence-corrected chi connectivity index (χ2v) is 3.12. The number of hydrogen-bond donors (Lipinski definition) is 0. The highest BCUT2D eigenvalue weighted by molar-refractivity contribution is 5.92. The van der Waals surface area contributed by atoms with Gasteiger partial charge in [-0.3, -0.25) is 0 Å². The summed E-state index contributed by atoms with van der Waals surface area (Å²) in [6.07, 6.45) is 3.26. The molecule has 0 bridgehead atoms. The molecule has 0 N–H and O–H groups in total. The molecule has 0 saturated carbocycles. The van der Waals surface area contributed by atoms with Crippen LogP contribution in [-0.2, 0) is 9.53 Å². The number of benzene rings is 1. The van der Waals surface area contributed by atoms with E-state index in [1.807, 2.05) is 36.4 Å². The Morgan fingerprint density at radius 2 is 1.93 bits per heavy atom. The Labute approximate surface area is 82.5 Å². The molecule has 0 saturated heterocycles. The molecule has 0 radical (unpaired) electrons. The third-order valence-corrected chi connectivity index (χ3v) is 2.10. The Morgan fingerprint density at radius 1 is 1.21 bits per heavy atom. The second kappa shape index (κ2) is 3.50. The lowest BCUT2D eigenvalue weighted by atomic mass is 10.1. The minimum Gasteiger partial charge on any atom is -0.450 e. The van der Waals surface area contributed by atoms with E-state index in [4.69, 9.17) is 4.74 Å². The maximum atomic E-state index is 11.2. The summed E-state index contributed by atoms with van der Waals surface area (Å²) in [7, 11) is 0. The van der Waals surface area contributed by atoms with Gasteiger partial charge in [-0.15, -0.1) is 0 Å². The van der Waals surface area contributed by atoms with Crippen molar-refractivity contribution < 1.29 is 9.53 Å². The summed E-state index contributed by atoms with van der Waals surface area (Å²) >= 11 is 0. The lowest BCUT2D eigenvalue weighted by Crippen LogP contribution is -2.14. The lowest BCUT2D eigenvalue weighted by Gasteiger charge is -2.18. The molecular weight excluding hydrogens is 176 g/mol. The fraction of sp³-hybridized carbons (Fsp3) is 0.0833. The van der Waals surface area contributed by atoms with E-state index < -0.39 is 0 Å². The zero-order valence-corrected chi connectivity index (χ0v) is 7.64. The van der Waals surface area contributed by atoms with Gasteiger partial charge in [0.05, 0.1) is 5.57 Å². The minimum absolute atomic E-state index is 0.269. The molecule has 1 atom stereocenters. The highest BCUT2D eigenvalue weighted by atomic mass is 16.5. The van der Waals surface area contributed by atoms with Gasteiger partial charge in [0.25, 0.3) is 0 Å². The van der Waals surface area contributed by atoms with Crippen molar-refractivity contribution in [2.24, 2.45) is 0 Å². The molecule has 1 aliphatic rings. The van der Waals surface area contributed by atoms with E-state index in [0.29, 0.717) is 5.57 Å². The predicted octanol–water partition coefficient (Wildman–Crippen LogP) is 2.40. The van der Waals surface area contributed by atoms with Gasteiger partial charge in [-0.25, -0.2) is 4.79 Å². The van der Waals surface area contributed by atoms with Crippen LogP contribution < -0.4 is 0 Å². The third-order valence-electron chi connectivity index (χ3n) is 2.10. The van der Waals surface area contributed by atoms with Crippen molar-refractivity contribution in [3.8, 4) is 0 Å². The first kappa shape index (κ1) is 8.75. The fourth-order valence-electron chi connectivity index (χ4n) is 1.32. The zero-order valence-electron chi connectivity index (χ0n) is 7.64. The van der Waals surface area contributed by atoms with E-state index in [-0.39, 0.29) is 12.1 Å². The maximum Gasteiger partial charge on any atom is 0.338 e. The van der Waals surface area contributed by atoms with Crippen LogP contribution in [0.1, 0.15) is 11.7 Å². The van der Waals surface area contributed by atoms with E-state index in [2.05, 4.69) is 6.58 Å². The van der Waals surface area contributed by atoms with Crippen LogP contribution in [-0.4, -0.2) is 5.97 Å². The van der Waals surface area contributed by atoms with Crippen molar-refractivity contribution in [3.05, 3.63) is 60.2 Å². The molecule has 0 fully saturated rings. The Hall–Kier alpha value is -1.83. The van der Waals surface area contributed by atoms with E-state index >= 15 is 0 Å². The summed E-state index contributed by atoms with van der Waals surface area (Å²) in [5.74, 6) is -0.346. The van der Waals surface area contributed by atoms with Crippen LogP contribution in [0.4, 0.5) is 0 Å². The van der Waals surface area contributed by atoms with E-state index in [0.717, 1.165) is 5.56 Å². The topological polar surface area (TPSA) is 26.3 Å². The van der Waals surface area contributed by atoms with Crippen molar-refractivity contribution >= 4 is 5.97 Å². The van der Waals surface area contributed by atoms with Gasteiger partial charge in [0.15, 0.2) is 0 Å². The number of cyclic esters (lactones) is 1. The van der Waals surface area contributed by atoms with Crippen LogP contribution in [0.2, 0.25) is 0 Å². The normalized spacial score (nSPS) is 20.7. The molecule has 70 valence electrons. The smallest absolute Gasteiger partial charge is 0.338 e. The molecule has 2 nitrogen and oxygen atoms in total. The van der Waals surface area contributed by atoms with Gasteiger partial charge < -0.3 is 4.74 Å². The second-order valence-electron chi connectivity index (χ2n) is 3.12. The average Bonchev–Trinajstić information content (AvgIpc) is 2.23. The number of hydrogen-bond acceptors (Lipinski definition) is 2. The molecule has 2 heteroatoms. The minimum atomic E-state index is -0.346. The molecule has 1 aliphatic heterocycles. The average molecular weight is 186 g/mol. The van der Waals surface area contributed by atoms with Crippen molar-refractivity contribution in [3.63, 3.8) is 0 Å². The highest BCUT2D eigenvalue weighted by Crippen LogP contribution is 2.24. The van der Waals surface area contributed by atoms with Crippen molar-refractivity contribution in [2.75, 3.05) is 0 Å². The summed E-state index contributed by atoms with van der Waals surface area (Å²) in [5, 5.41) is 0. The largest absolute Gasteiger partial charge is 0.450 e. The van der Waals surface area contributed by atoms with Crippen molar-refractivity contribution in [1.82, 2.24) is 0 Å². The summed E-state index contributed by atoms with van der Waals surface area (Å²) in [4.78, 5) is 11.2. The molecule has 0 amide bonds. The molecule has 0 aliphatic carbocycles. The predicted molar refractivity (Wildman–Crippen MR) is 53.6 cm³/mol. The van der Waals surface area contributed by atoms with Crippen molar-refractivity contribution in [2.45, 2.75) is 6.10 Å². The number of esters is 1. The maximum absolute atomic E-state index is 11.2. The van der Waals surface area contributed by atoms with Gasteiger partial charge in [0.1, 0.15) is 6.10 Å². The van der Waals surface area contributed by atoms with Crippen LogP contribution in [0.25, 0.3) is 0 Å². The summed E-state index contributed by atoms with van der Waals surface area (Å²) < 4.78 is 5.16. The van der Waals surface area contributed by atoms with E-state index in [9.17, 15) is 4.79 Å². The van der Waals surface area contributed by atoms with Gasteiger partial charge in [-0.1, -0.05) is 36.9 Å². The molecule has 0 spiro atoms. The molecule has 1 aromatic rings. The molecule has 1 heterocycles. The first-order valence-electron chi connectivity index (χ1n) is 4.40. The Morgan fingerprint density at radius 3 is 2.57 bits per heavy atom. The molecule has 0 aromatic heterocycles. The van der Waals surface area contributed by atoms with E-state index in [1.165, 1.54) is 0 Å². The van der Waals surface area contributed by atoms with Gasteiger partial charge in [0.2, 0.25) is 0 Å². The van der Waals surface area contributed by atoms with Gasteiger partial charge >= 0.3 is 5.97 Å². The van der Waals surface area contributed by atoms with Gasteiger partial charge in [0, 0.05) is 0 Å². The van der Waals surface area contributed by atoms with Crippen LogP contribution in [0, 0.1) is 0 Å². The monoisotopic (exact) mass is 186 g/mol. The van der Waals surface area contributed by atoms with Crippen molar-refractivity contribution in [1.29, 1.82) is 0 Å². The fourth-order valence-corrected chi connectivity index (χ4v) is 1.32. The number of carbonyl (C=O) groups is 1. The summed E-state index contributed by atoms with van der Waals surface area (Å²) in [6.45, 7) is 3.56. The highest BCUT2D eigenvalue weighted by Gasteiger charge is 2.19. The zero-order chi connectivity index (χ0) is 9.97. The number of rotatable bonds is 1. The Kier molecular flexibility index (Phi) is 2.19. The van der Waals surface area contributed by atoms with Crippen LogP contribution in [0.15, 0.2) is 54.6 Å². The van der Waals surface area contributed by atoms with Gasteiger partial charge in [-0.2, -0.15) is 0 Å². The molecular formula is C12H10O2. The SMILES string of the molecule is C=C1C=CC(c2ccccc2)OC1=O. The Balaban J connectivity index is 2.26. The summed E-state index contributed by atoms with van der Waals surface area (Å²) in [5.41, 5.74) is 1.38. The Bertz CT molecular complexity index is 390. The number of ether oxygens (including phenoxy) is 1. The molecule has 1 aromatic carbocycles. The third kappa shape index (κ3) is 1.59. The summed E-state index contributed by atoms with van der Waals surface area (Å²) in [6, 6.07) is 9.62. The van der Waals surface area contributed by atoms with Crippen LogP contribution in [0.3, 0.4) is 0 Å². The molecule has 1 unspecified atom stereocenters.